The summed E-state index contributed by atoms with van der Waals surface area (Å²) in [5.74, 6) is 0.336. The first-order chi connectivity index (χ1) is 15.7. The third-order valence-electron chi connectivity index (χ3n) is 4.86. The molecule has 33 heavy (non-hydrogen) atoms. The minimum atomic E-state index is -4.42. The van der Waals surface area contributed by atoms with E-state index < -0.39 is 23.8 Å². The summed E-state index contributed by atoms with van der Waals surface area (Å²) in [5.41, 5.74) is 0.461. The number of hydrogen-bond donors (Lipinski definition) is 2. The molecule has 0 radical (unpaired) electrons. The van der Waals surface area contributed by atoms with Crippen molar-refractivity contribution in [2.24, 2.45) is 0 Å². The number of hydrogen-bond acceptors (Lipinski definition) is 5. The van der Waals surface area contributed by atoms with Gasteiger partial charge in [0.25, 0.3) is 0 Å². The number of aromatic nitrogens is 3. The number of amides is 3. The molecule has 1 saturated heterocycles. The van der Waals surface area contributed by atoms with Crippen LogP contribution in [0.2, 0.25) is 5.02 Å². The van der Waals surface area contributed by atoms with Crippen LogP contribution in [0.25, 0.3) is 5.69 Å². The second kappa shape index (κ2) is 9.44. The highest BCUT2D eigenvalue weighted by Crippen LogP contribution is 2.32. The lowest BCUT2D eigenvalue weighted by molar-refractivity contribution is -0.137. The topological polar surface area (TPSA) is 88.9 Å². The second-order valence-corrected chi connectivity index (χ2v) is 8.70. The van der Waals surface area contributed by atoms with E-state index in [9.17, 15) is 22.8 Å². The quantitative estimate of drug-likeness (QED) is 0.496. The van der Waals surface area contributed by atoms with Gasteiger partial charge in [-0.25, -0.2) is 4.79 Å². The van der Waals surface area contributed by atoms with E-state index in [1.165, 1.54) is 17.8 Å². The van der Waals surface area contributed by atoms with Crippen molar-refractivity contribution in [3.05, 3.63) is 70.5 Å². The van der Waals surface area contributed by atoms with Gasteiger partial charge in [0.15, 0.2) is 5.16 Å². The first-order valence-corrected chi connectivity index (χ1v) is 11.1. The molecule has 1 unspecified atom stereocenters. The summed E-state index contributed by atoms with van der Waals surface area (Å²) in [6, 6.07) is 11.0. The molecule has 12 heteroatoms. The van der Waals surface area contributed by atoms with Crippen molar-refractivity contribution in [2.75, 3.05) is 0 Å². The molecule has 1 aromatic heterocycles. The zero-order chi connectivity index (χ0) is 23.6. The first-order valence-electron chi connectivity index (χ1n) is 9.78. The van der Waals surface area contributed by atoms with E-state index in [2.05, 4.69) is 20.8 Å². The maximum Gasteiger partial charge on any atom is 0.416 e. The molecule has 2 heterocycles. The van der Waals surface area contributed by atoms with Gasteiger partial charge in [0.05, 0.1) is 5.56 Å². The van der Waals surface area contributed by atoms with Crippen LogP contribution in [0.15, 0.2) is 53.7 Å². The first kappa shape index (κ1) is 23.1. The van der Waals surface area contributed by atoms with Crippen LogP contribution in [-0.4, -0.2) is 32.7 Å². The number of halogens is 4. The van der Waals surface area contributed by atoms with Gasteiger partial charge in [0, 0.05) is 35.3 Å². The molecule has 1 atom stereocenters. The predicted octanol–water partition coefficient (Wildman–Crippen LogP) is 4.37. The third-order valence-corrected chi connectivity index (χ3v) is 6.11. The van der Waals surface area contributed by atoms with Crippen LogP contribution in [-0.2, 0) is 23.1 Å². The zero-order valence-corrected chi connectivity index (χ0v) is 18.5. The van der Waals surface area contributed by atoms with Crippen molar-refractivity contribution in [1.82, 2.24) is 25.4 Å². The summed E-state index contributed by atoms with van der Waals surface area (Å²) in [4.78, 5) is 23.4. The number of nitrogens with one attached hydrogen (secondary N) is 2. The lowest BCUT2D eigenvalue weighted by atomic mass is 10.1. The number of imide groups is 1. The van der Waals surface area contributed by atoms with Crippen molar-refractivity contribution < 1.29 is 22.8 Å². The number of alkyl halides is 3. The van der Waals surface area contributed by atoms with Crippen molar-refractivity contribution in [2.45, 2.75) is 36.0 Å². The van der Waals surface area contributed by atoms with Crippen LogP contribution in [0.5, 0.6) is 0 Å². The van der Waals surface area contributed by atoms with Gasteiger partial charge < -0.3 is 5.32 Å². The van der Waals surface area contributed by atoms with Crippen molar-refractivity contribution in [1.29, 1.82) is 0 Å². The Morgan fingerprint density at radius 1 is 1.12 bits per heavy atom. The second-order valence-electron chi connectivity index (χ2n) is 7.32. The highest BCUT2D eigenvalue weighted by Gasteiger charge is 2.30. The fraction of sp³-hybridized carbons (Fsp3) is 0.238. The molecular weight excluding hydrogens is 479 g/mol. The van der Waals surface area contributed by atoms with Gasteiger partial charge in [-0.1, -0.05) is 41.6 Å². The molecular formula is C21H17ClF3N5O2S. The van der Waals surface area contributed by atoms with Gasteiger partial charge >= 0.3 is 12.2 Å². The average Bonchev–Trinajstić information content (AvgIpc) is 3.14. The molecule has 1 aliphatic heterocycles. The summed E-state index contributed by atoms with van der Waals surface area (Å²) < 4.78 is 40.8. The van der Waals surface area contributed by atoms with Gasteiger partial charge in [-0.05, 0) is 35.9 Å². The van der Waals surface area contributed by atoms with Crippen molar-refractivity contribution in [3.63, 3.8) is 0 Å². The monoisotopic (exact) mass is 495 g/mol. The molecule has 0 bridgehead atoms. The molecule has 3 amide bonds. The summed E-state index contributed by atoms with van der Waals surface area (Å²) in [5, 5.41) is 14.3. The lowest BCUT2D eigenvalue weighted by Crippen LogP contribution is -2.53. The van der Waals surface area contributed by atoms with Crippen LogP contribution < -0.4 is 10.6 Å². The summed E-state index contributed by atoms with van der Waals surface area (Å²) in [6.07, 6.45) is -4.10. The Bertz CT molecular complexity index is 1170. The largest absolute Gasteiger partial charge is 0.416 e. The Kier molecular flexibility index (Phi) is 6.61. The lowest BCUT2D eigenvalue weighted by Gasteiger charge is -2.23. The maximum absolute atomic E-state index is 13.0. The Labute approximate surface area is 195 Å². The van der Waals surface area contributed by atoms with Crippen LogP contribution in [0.1, 0.15) is 23.4 Å². The summed E-state index contributed by atoms with van der Waals surface area (Å²) >= 11 is 7.23. The van der Waals surface area contributed by atoms with Crippen LogP contribution in [0, 0.1) is 0 Å². The van der Waals surface area contributed by atoms with Gasteiger partial charge in [-0.2, -0.15) is 13.2 Å². The highest BCUT2D eigenvalue weighted by atomic mass is 35.5. The van der Waals surface area contributed by atoms with Crippen LogP contribution >= 0.6 is 23.4 Å². The van der Waals surface area contributed by atoms with E-state index in [0.717, 1.165) is 12.1 Å². The number of thioether (sulfide) groups is 1. The molecule has 172 valence electrons. The van der Waals surface area contributed by atoms with E-state index >= 15 is 0 Å². The number of nitrogens with zero attached hydrogens (tertiary/aromatic N) is 3. The molecule has 2 aromatic carbocycles. The Hall–Kier alpha value is -3.05. The minimum Gasteiger partial charge on any atom is -0.334 e. The molecule has 0 saturated carbocycles. The Morgan fingerprint density at radius 3 is 2.58 bits per heavy atom. The predicted molar refractivity (Wildman–Crippen MR) is 116 cm³/mol. The van der Waals surface area contributed by atoms with Gasteiger partial charge in [-0.3, -0.25) is 14.7 Å². The number of urea groups is 1. The molecule has 0 aliphatic carbocycles. The molecule has 7 nitrogen and oxygen atoms in total. The molecule has 4 rings (SSSR count). The maximum atomic E-state index is 13.0. The summed E-state index contributed by atoms with van der Waals surface area (Å²) in [7, 11) is 0. The van der Waals surface area contributed by atoms with Crippen LogP contribution in [0.4, 0.5) is 18.0 Å². The summed E-state index contributed by atoms with van der Waals surface area (Å²) in [6.45, 7) is 0. The normalized spacial score (nSPS) is 16.4. The minimum absolute atomic E-state index is 0.0892. The average molecular weight is 496 g/mol. The fourth-order valence-corrected chi connectivity index (χ4v) is 4.42. The van der Waals surface area contributed by atoms with E-state index in [4.69, 9.17) is 11.6 Å². The molecule has 1 aliphatic rings. The van der Waals surface area contributed by atoms with Crippen molar-refractivity contribution >= 4 is 35.3 Å². The number of benzene rings is 2. The van der Waals surface area contributed by atoms with Gasteiger partial charge in [0.2, 0.25) is 5.91 Å². The smallest absolute Gasteiger partial charge is 0.334 e. The molecule has 2 N–H and O–H groups in total. The number of carbonyl (C=O) groups excluding carboxylic acids is 2. The van der Waals surface area contributed by atoms with E-state index in [-0.39, 0.29) is 24.5 Å². The fourth-order valence-electron chi connectivity index (χ4n) is 3.38. The van der Waals surface area contributed by atoms with E-state index in [0.29, 0.717) is 27.3 Å². The standard InChI is InChI=1S/C21H17ClF3N5O2S/c22-14-4-6-16(7-5-14)30-17(9-15-10-18(31)27-19(32)26-15)28-29-20(30)33-11-12-2-1-3-13(8-12)21(23,24)25/h1-8,15H,9-11H2,(H2,26,27,31,32). The molecule has 0 spiro atoms. The SMILES string of the molecule is O=C1CC(Cc2nnc(SCc3cccc(C(F)(F)F)c3)n2-c2ccc(Cl)cc2)NC(=O)N1. The Balaban J connectivity index is 1.61. The van der Waals surface area contributed by atoms with Crippen LogP contribution in [0.3, 0.4) is 0 Å². The molecule has 3 aromatic rings. The van der Waals surface area contributed by atoms with Crippen molar-refractivity contribution in [3.8, 4) is 5.69 Å². The number of rotatable bonds is 6. The zero-order valence-electron chi connectivity index (χ0n) is 16.9. The van der Waals surface area contributed by atoms with Gasteiger partial charge in [-0.15, -0.1) is 10.2 Å². The third kappa shape index (κ3) is 5.66. The van der Waals surface area contributed by atoms with Gasteiger partial charge in [0.1, 0.15) is 5.82 Å². The Morgan fingerprint density at radius 2 is 1.88 bits per heavy atom. The van der Waals surface area contributed by atoms with E-state index in [1.807, 2.05) is 0 Å². The van der Waals surface area contributed by atoms with E-state index in [1.54, 1.807) is 34.9 Å². The number of carbonyl (C=O) groups is 2. The molecule has 1 fully saturated rings. The highest BCUT2D eigenvalue weighted by molar-refractivity contribution is 7.98.